The highest BCUT2D eigenvalue weighted by atomic mass is 32.2. The Hall–Kier alpha value is -2.57. The van der Waals surface area contributed by atoms with Crippen LogP contribution in [0.1, 0.15) is 61.3 Å². The number of aryl methyl sites for hydroxylation is 1. The molecule has 1 aliphatic heterocycles. The summed E-state index contributed by atoms with van der Waals surface area (Å²) in [6.07, 6.45) is 4.85. The van der Waals surface area contributed by atoms with Crippen molar-refractivity contribution < 1.29 is 9.21 Å². The van der Waals surface area contributed by atoms with E-state index < -0.39 is 0 Å². The molecule has 0 radical (unpaired) electrons. The Labute approximate surface area is 207 Å². The summed E-state index contributed by atoms with van der Waals surface area (Å²) < 4.78 is 5.91. The fourth-order valence-electron chi connectivity index (χ4n) is 4.60. The molecular formula is C28H35N3O2S. The second-order valence-electron chi connectivity index (χ2n) is 9.18. The standard InChI is InChI=1S/C28H35N3O2S/c1-20-9-7-10-21(2)31(20)18-8-17-29-27(32)23-13-15-24(16-14-23)28-30-26(22(3)33-28)19-34-25-11-5-4-6-12-25/h4-6,11-16,20-21H,7-10,17-19H2,1-3H3,(H,29,32)/t20-,21+. The minimum Gasteiger partial charge on any atom is -0.441 e. The van der Waals surface area contributed by atoms with Crippen LogP contribution in [0.5, 0.6) is 0 Å². The molecule has 1 N–H and O–H groups in total. The van der Waals surface area contributed by atoms with Crippen molar-refractivity contribution in [1.29, 1.82) is 0 Å². The zero-order valence-corrected chi connectivity index (χ0v) is 21.2. The summed E-state index contributed by atoms with van der Waals surface area (Å²) in [5.74, 6) is 2.15. The number of carbonyl (C=O) groups is 1. The molecule has 4 rings (SSSR count). The quantitative estimate of drug-likeness (QED) is 0.288. The van der Waals surface area contributed by atoms with E-state index in [-0.39, 0.29) is 5.91 Å². The fourth-order valence-corrected chi connectivity index (χ4v) is 5.52. The maximum Gasteiger partial charge on any atom is 0.251 e. The van der Waals surface area contributed by atoms with E-state index in [0.29, 0.717) is 30.1 Å². The van der Waals surface area contributed by atoms with Gasteiger partial charge in [-0.25, -0.2) is 4.98 Å². The monoisotopic (exact) mass is 477 g/mol. The van der Waals surface area contributed by atoms with Crippen molar-refractivity contribution in [3.63, 3.8) is 0 Å². The number of rotatable bonds is 9. The number of thioether (sulfide) groups is 1. The number of piperidine rings is 1. The number of hydrogen-bond donors (Lipinski definition) is 1. The number of nitrogens with zero attached hydrogens (tertiary/aromatic N) is 2. The molecule has 1 aromatic heterocycles. The summed E-state index contributed by atoms with van der Waals surface area (Å²) in [6.45, 7) is 8.31. The molecule has 2 atom stereocenters. The van der Waals surface area contributed by atoms with Crippen molar-refractivity contribution in [2.24, 2.45) is 0 Å². The Morgan fingerprint density at radius 3 is 2.50 bits per heavy atom. The van der Waals surface area contributed by atoms with Crippen molar-refractivity contribution in [1.82, 2.24) is 15.2 Å². The zero-order valence-electron chi connectivity index (χ0n) is 20.4. The highest BCUT2D eigenvalue weighted by molar-refractivity contribution is 7.98. The van der Waals surface area contributed by atoms with Crippen LogP contribution in [0.3, 0.4) is 0 Å². The van der Waals surface area contributed by atoms with Gasteiger partial charge in [0.15, 0.2) is 0 Å². The van der Waals surface area contributed by atoms with Gasteiger partial charge in [0.25, 0.3) is 5.91 Å². The zero-order chi connectivity index (χ0) is 23.9. The van der Waals surface area contributed by atoms with Crippen LogP contribution >= 0.6 is 11.8 Å². The van der Waals surface area contributed by atoms with Crippen LogP contribution in [0.25, 0.3) is 11.5 Å². The predicted octanol–water partition coefficient (Wildman–Crippen LogP) is 6.33. The smallest absolute Gasteiger partial charge is 0.251 e. The van der Waals surface area contributed by atoms with Gasteiger partial charge in [-0.1, -0.05) is 24.6 Å². The maximum atomic E-state index is 12.6. The SMILES string of the molecule is Cc1oc(-c2ccc(C(=O)NCCCN3[C@H](C)CCC[C@@H]3C)cc2)nc1CSc1ccccc1. The molecule has 0 unspecified atom stereocenters. The first kappa shape index (κ1) is 24.6. The molecule has 1 amide bonds. The van der Waals surface area contributed by atoms with Gasteiger partial charge in [-0.3, -0.25) is 9.69 Å². The molecule has 0 bridgehead atoms. The number of likely N-dealkylation sites (tertiary alicyclic amines) is 1. The molecule has 2 aromatic carbocycles. The lowest BCUT2D eigenvalue weighted by molar-refractivity contribution is 0.0925. The van der Waals surface area contributed by atoms with Gasteiger partial charge in [0.05, 0.1) is 5.69 Å². The number of benzene rings is 2. The highest BCUT2D eigenvalue weighted by Gasteiger charge is 2.23. The molecule has 5 nitrogen and oxygen atoms in total. The van der Waals surface area contributed by atoms with E-state index >= 15 is 0 Å². The third-order valence-corrected chi connectivity index (χ3v) is 7.68. The maximum absolute atomic E-state index is 12.6. The summed E-state index contributed by atoms with van der Waals surface area (Å²) in [7, 11) is 0. The van der Waals surface area contributed by atoms with Crippen LogP contribution in [0.4, 0.5) is 0 Å². The molecule has 0 saturated carbocycles. The Morgan fingerprint density at radius 1 is 1.09 bits per heavy atom. The minimum absolute atomic E-state index is 0.0326. The molecule has 2 heterocycles. The van der Waals surface area contributed by atoms with Crippen LogP contribution in [-0.2, 0) is 5.75 Å². The third kappa shape index (κ3) is 6.30. The van der Waals surface area contributed by atoms with Crippen molar-refractivity contribution in [3.8, 4) is 11.5 Å². The number of amides is 1. The highest BCUT2D eigenvalue weighted by Crippen LogP contribution is 2.28. The van der Waals surface area contributed by atoms with Crippen molar-refractivity contribution in [2.45, 2.75) is 69.2 Å². The van der Waals surface area contributed by atoms with Gasteiger partial charge in [-0.05, 0) is 76.4 Å². The summed E-state index contributed by atoms with van der Waals surface area (Å²) in [5, 5.41) is 3.07. The van der Waals surface area contributed by atoms with Gasteiger partial charge >= 0.3 is 0 Å². The first-order valence-electron chi connectivity index (χ1n) is 12.3. The van der Waals surface area contributed by atoms with Crippen molar-refractivity contribution in [2.75, 3.05) is 13.1 Å². The van der Waals surface area contributed by atoms with Crippen LogP contribution in [0, 0.1) is 6.92 Å². The van der Waals surface area contributed by atoms with E-state index in [2.05, 4.69) is 36.2 Å². The van der Waals surface area contributed by atoms with Gasteiger partial charge in [0, 0.05) is 46.9 Å². The fraction of sp³-hybridized carbons (Fsp3) is 0.429. The summed E-state index contributed by atoms with van der Waals surface area (Å²) in [5.41, 5.74) is 2.48. The molecular weight excluding hydrogens is 442 g/mol. The Morgan fingerprint density at radius 2 is 1.79 bits per heavy atom. The molecule has 3 aromatic rings. The molecule has 0 aliphatic carbocycles. The van der Waals surface area contributed by atoms with Gasteiger partial charge in [0.1, 0.15) is 5.76 Å². The van der Waals surface area contributed by atoms with Crippen LogP contribution in [-0.4, -0.2) is 41.0 Å². The van der Waals surface area contributed by atoms with E-state index in [1.165, 1.54) is 24.2 Å². The van der Waals surface area contributed by atoms with Gasteiger partial charge in [0.2, 0.25) is 5.89 Å². The van der Waals surface area contributed by atoms with E-state index in [4.69, 9.17) is 9.40 Å². The Balaban J connectivity index is 1.27. The number of hydrogen-bond acceptors (Lipinski definition) is 5. The summed E-state index contributed by atoms with van der Waals surface area (Å²) in [4.78, 5) is 21.1. The molecule has 1 saturated heterocycles. The molecule has 0 spiro atoms. The number of carbonyl (C=O) groups excluding carboxylic acids is 1. The van der Waals surface area contributed by atoms with Gasteiger partial charge < -0.3 is 9.73 Å². The summed E-state index contributed by atoms with van der Waals surface area (Å²) >= 11 is 1.74. The summed E-state index contributed by atoms with van der Waals surface area (Å²) in [6, 6.07) is 19.1. The molecule has 1 aliphatic rings. The van der Waals surface area contributed by atoms with Crippen molar-refractivity contribution in [3.05, 3.63) is 71.6 Å². The Bertz CT molecular complexity index is 1060. The first-order chi connectivity index (χ1) is 16.5. The Kier molecular flexibility index (Phi) is 8.46. The lowest BCUT2D eigenvalue weighted by atomic mass is 9.97. The first-order valence-corrected chi connectivity index (χ1v) is 13.3. The molecule has 1 fully saturated rings. The second kappa shape index (κ2) is 11.7. The van der Waals surface area contributed by atoms with Crippen LogP contribution in [0.15, 0.2) is 63.9 Å². The lowest BCUT2D eigenvalue weighted by Gasteiger charge is -2.39. The van der Waals surface area contributed by atoms with E-state index in [1.54, 1.807) is 11.8 Å². The molecule has 34 heavy (non-hydrogen) atoms. The largest absolute Gasteiger partial charge is 0.441 e. The van der Waals surface area contributed by atoms with Gasteiger partial charge in [-0.2, -0.15) is 0 Å². The average Bonchev–Trinajstić information content (AvgIpc) is 3.23. The predicted molar refractivity (Wildman–Crippen MR) is 139 cm³/mol. The second-order valence-corrected chi connectivity index (χ2v) is 10.2. The van der Waals surface area contributed by atoms with E-state index in [9.17, 15) is 4.79 Å². The number of nitrogens with one attached hydrogen (secondary N) is 1. The van der Waals surface area contributed by atoms with E-state index in [1.807, 2.05) is 49.4 Å². The van der Waals surface area contributed by atoms with Crippen LogP contribution in [0.2, 0.25) is 0 Å². The number of oxazole rings is 1. The van der Waals surface area contributed by atoms with E-state index in [0.717, 1.165) is 35.7 Å². The van der Waals surface area contributed by atoms with Crippen LogP contribution < -0.4 is 5.32 Å². The molecule has 180 valence electrons. The van der Waals surface area contributed by atoms with Gasteiger partial charge in [-0.15, -0.1) is 11.8 Å². The third-order valence-electron chi connectivity index (χ3n) is 6.66. The lowest BCUT2D eigenvalue weighted by Crippen LogP contribution is -2.44. The topological polar surface area (TPSA) is 58.4 Å². The molecule has 6 heteroatoms. The normalized spacial score (nSPS) is 18.7. The number of aromatic nitrogens is 1. The minimum atomic E-state index is -0.0326. The average molecular weight is 478 g/mol. The van der Waals surface area contributed by atoms with Crippen molar-refractivity contribution >= 4 is 17.7 Å².